The van der Waals surface area contributed by atoms with Crippen LogP contribution in [0.15, 0.2) is 36.8 Å². The molecule has 0 saturated heterocycles. The molecule has 0 aliphatic rings. The summed E-state index contributed by atoms with van der Waals surface area (Å²) < 4.78 is 1.87. The Morgan fingerprint density at radius 1 is 1.36 bits per heavy atom. The molecule has 1 N–H and O–H groups in total. The number of rotatable bonds is 5. The van der Waals surface area contributed by atoms with Gasteiger partial charge in [0.15, 0.2) is 5.65 Å². The van der Waals surface area contributed by atoms with Crippen LogP contribution in [0.4, 0.5) is 5.82 Å². The average Bonchev–Trinajstić information content (AvgIpc) is 2.94. The number of hydrogen-bond donors (Lipinski definition) is 1. The minimum absolute atomic E-state index is 0.429. The van der Waals surface area contributed by atoms with Crippen molar-refractivity contribution >= 4 is 24.8 Å². The van der Waals surface area contributed by atoms with Crippen molar-refractivity contribution in [3.63, 3.8) is 0 Å². The summed E-state index contributed by atoms with van der Waals surface area (Å²) in [7, 11) is 2.04. The van der Waals surface area contributed by atoms with E-state index in [0.29, 0.717) is 12.5 Å². The van der Waals surface area contributed by atoms with Gasteiger partial charge in [0.05, 0.1) is 0 Å². The van der Waals surface area contributed by atoms with E-state index in [1.807, 2.05) is 30.8 Å². The molecule has 0 amide bonds. The quantitative estimate of drug-likeness (QED) is 0.724. The number of nitrogens with one attached hydrogen (secondary N) is 1. The van der Waals surface area contributed by atoms with Crippen LogP contribution in [-0.4, -0.2) is 27.4 Å². The Morgan fingerprint density at radius 3 is 2.95 bits per heavy atom. The second-order valence-electron chi connectivity index (χ2n) is 5.65. The standard InChI is InChI=1S/C16H20BN5/c1-3-11(2)14-7-15(19-9-12-5-4-6-18-8-12)22-16(21-14)13(17)10-20-22/h4-8,10-11,19H,3,9,17H2,1-2H3. The summed E-state index contributed by atoms with van der Waals surface area (Å²) in [6.07, 6.45) is 6.58. The highest BCUT2D eigenvalue weighted by molar-refractivity contribution is 6.36. The molecule has 1 unspecified atom stereocenters. The molecule has 0 aromatic carbocycles. The van der Waals surface area contributed by atoms with Gasteiger partial charge in [-0.15, -0.1) is 0 Å². The molecule has 3 rings (SSSR count). The third-order valence-electron chi connectivity index (χ3n) is 3.98. The van der Waals surface area contributed by atoms with Crippen molar-refractivity contribution in [1.82, 2.24) is 19.6 Å². The largest absolute Gasteiger partial charge is 0.366 e. The number of aromatic nitrogens is 4. The molecule has 0 bridgehead atoms. The highest BCUT2D eigenvalue weighted by Crippen LogP contribution is 2.21. The molecule has 3 aromatic rings. The van der Waals surface area contributed by atoms with Gasteiger partial charge in [-0.1, -0.05) is 19.9 Å². The highest BCUT2D eigenvalue weighted by atomic mass is 15.3. The molecule has 22 heavy (non-hydrogen) atoms. The van der Waals surface area contributed by atoms with Gasteiger partial charge < -0.3 is 5.32 Å². The Hall–Kier alpha value is -2.37. The first-order valence-corrected chi connectivity index (χ1v) is 7.67. The fourth-order valence-corrected chi connectivity index (χ4v) is 2.37. The first kappa shape index (κ1) is 14.6. The van der Waals surface area contributed by atoms with Gasteiger partial charge in [-0.3, -0.25) is 4.98 Å². The predicted octanol–water partition coefficient (Wildman–Crippen LogP) is 1.51. The Labute approximate surface area is 131 Å². The monoisotopic (exact) mass is 293 g/mol. The zero-order valence-electron chi connectivity index (χ0n) is 13.2. The summed E-state index contributed by atoms with van der Waals surface area (Å²) in [4.78, 5) is 8.92. The van der Waals surface area contributed by atoms with Crippen molar-refractivity contribution in [3.05, 3.63) is 48.0 Å². The van der Waals surface area contributed by atoms with Gasteiger partial charge >= 0.3 is 0 Å². The Morgan fingerprint density at radius 2 is 2.23 bits per heavy atom. The summed E-state index contributed by atoms with van der Waals surface area (Å²) in [5.41, 5.74) is 4.26. The SMILES string of the molecule is Bc1cnn2c(NCc3cccnc3)cc(C(C)CC)nc12. The first-order chi connectivity index (χ1) is 10.7. The lowest BCUT2D eigenvalue weighted by Gasteiger charge is -2.13. The van der Waals surface area contributed by atoms with Gasteiger partial charge in [-0.05, 0) is 29.4 Å². The van der Waals surface area contributed by atoms with Crippen molar-refractivity contribution in [3.8, 4) is 0 Å². The van der Waals surface area contributed by atoms with Crippen LogP contribution in [0.1, 0.15) is 37.4 Å². The lowest BCUT2D eigenvalue weighted by atomic mass is 10.00. The van der Waals surface area contributed by atoms with E-state index >= 15 is 0 Å². The minimum atomic E-state index is 0.429. The van der Waals surface area contributed by atoms with Crippen LogP contribution in [0.2, 0.25) is 0 Å². The van der Waals surface area contributed by atoms with Gasteiger partial charge in [0, 0.05) is 36.9 Å². The number of hydrogen-bond acceptors (Lipinski definition) is 4. The molecule has 3 aromatic heterocycles. The van der Waals surface area contributed by atoms with E-state index in [1.54, 1.807) is 6.20 Å². The molecular weight excluding hydrogens is 273 g/mol. The molecule has 3 heterocycles. The zero-order valence-corrected chi connectivity index (χ0v) is 13.2. The maximum atomic E-state index is 4.77. The van der Waals surface area contributed by atoms with E-state index in [1.165, 1.54) is 0 Å². The molecule has 5 nitrogen and oxygen atoms in total. The zero-order chi connectivity index (χ0) is 15.5. The molecule has 0 aliphatic heterocycles. The van der Waals surface area contributed by atoms with Gasteiger partial charge in [0.1, 0.15) is 13.7 Å². The summed E-state index contributed by atoms with van der Waals surface area (Å²) in [5, 5.41) is 7.89. The summed E-state index contributed by atoms with van der Waals surface area (Å²) in [5.74, 6) is 1.40. The molecule has 0 saturated carbocycles. The normalized spacial score (nSPS) is 12.5. The molecular formula is C16H20BN5. The van der Waals surface area contributed by atoms with Crippen LogP contribution in [0.5, 0.6) is 0 Å². The molecule has 112 valence electrons. The van der Waals surface area contributed by atoms with Gasteiger partial charge in [0.25, 0.3) is 0 Å². The lowest BCUT2D eigenvalue weighted by molar-refractivity contribution is 0.705. The fraction of sp³-hybridized carbons (Fsp3) is 0.312. The molecule has 1 atom stereocenters. The van der Waals surface area contributed by atoms with Crippen molar-refractivity contribution in [2.75, 3.05) is 5.32 Å². The van der Waals surface area contributed by atoms with Crippen LogP contribution in [0.3, 0.4) is 0 Å². The van der Waals surface area contributed by atoms with Crippen LogP contribution in [0, 0.1) is 0 Å². The third-order valence-corrected chi connectivity index (χ3v) is 3.98. The number of pyridine rings is 1. The van der Waals surface area contributed by atoms with E-state index in [9.17, 15) is 0 Å². The number of nitrogens with zero attached hydrogens (tertiary/aromatic N) is 4. The van der Waals surface area contributed by atoms with Crippen LogP contribution in [0.25, 0.3) is 5.65 Å². The Kier molecular flexibility index (Phi) is 4.09. The Bertz CT molecular complexity index is 769. The van der Waals surface area contributed by atoms with Crippen molar-refractivity contribution in [1.29, 1.82) is 0 Å². The van der Waals surface area contributed by atoms with E-state index in [2.05, 4.69) is 41.4 Å². The lowest BCUT2D eigenvalue weighted by Crippen LogP contribution is -2.11. The second kappa shape index (κ2) is 6.18. The highest BCUT2D eigenvalue weighted by Gasteiger charge is 2.12. The van der Waals surface area contributed by atoms with Crippen LogP contribution >= 0.6 is 0 Å². The minimum Gasteiger partial charge on any atom is -0.366 e. The number of fused-ring (bicyclic) bond motifs is 1. The maximum Gasteiger partial charge on any atom is 0.151 e. The van der Waals surface area contributed by atoms with Gasteiger partial charge in [-0.2, -0.15) is 9.61 Å². The fourth-order valence-electron chi connectivity index (χ4n) is 2.37. The van der Waals surface area contributed by atoms with E-state index < -0.39 is 0 Å². The van der Waals surface area contributed by atoms with Gasteiger partial charge in [0.2, 0.25) is 0 Å². The van der Waals surface area contributed by atoms with Crippen molar-refractivity contribution in [2.45, 2.75) is 32.7 Å². The molecule has 6 heteroatoms. The molecule has 0 fully saturated rings. The van der Waals surface area contributed by atoms with Crippen LogP contribution in [-0.2, 0) is 6.54 Å². The summed E-state index contributed by atoms with van der Waals surface area (Å²) >= 11 is 0. The van der Waals surface area contributed by atoms with Crippen molar-refractivity contribution in [2.24, 2.45) is 0 Å². The average molecular weight is 293 g/mol. The molecule has 0 aliphatic carbocycles. The topological polar surface area (TPSA) is 55.1 Å². The predicted molar refractivity (Wildman–Crippen MR) is 91.4 cm³/mol. The molecule has 0 spiro atoms. The Balaban J connectivity index is 1.96. The smallest absolute Gasteiger partial charge is 0.151 e. The first-order valence-electron chi connectivity index (χ1n) is 7.67. The second-order valence-corrected chi connectivity index (χ2v) is 5.65. The maximum absolute atomic E-state index is 4.77. The van der Waals surface area contributed by atoms with Crippen molar-refractivity contribution < 1.29 is 0 Å². The van der Waals surface area contributed by atoms with E-state index in [-0.39, 0.29) is 0 Å². The summed E-state index contributed by atoms with van der Waals surface area (Å²) in [6, 6.07) is 6.11. The van der Waals surface area contributed by atoms with E-state index in [4.69, 9.17) is 4.98 Å². The number of anilines is 1. The third kappa shape index (κ3) is 2.82. The van der Waals surface area contributed by atoms with Crippen LogP contribution < -0.4 is 10.8 Å². The van der Waals surface area contributed by atoms with Gasteiger partial charge in [-0.25, -0.2) is 4.98 Å². The molecule has 0 radical (unpaired) electrons. The van der Waals surface area contributed by atoms with E-state index in [0.717, 1.165) is 34.6 Å². The summed E-state index contributed by atoms with van der Waals surface area (Å²) in [6.45, 7) is 5.10.